The Hall–Kier alpha value is -0.390. The standard InChI is InChI=1S/C11H22N2O2S/c1-3-8-13(4-2)16(14,15)10-11-6-5-7-12-9-11/h3,11-12H,1,4-10H2,2H3. The number of likely N-dealkylation sites (N-methyl/N-ethyl adjacent to an activating group) is 1. The molecule has 16 heavy (non-hydrogen) atoms. The summed E-state index contributed by atoms with van der Waals surface area (Å²) in [6.07, 6.45) is 3.73. The number of sulfonamides is 1. The molecule has 0 spiro atoms. The number of hydrogen-bond donors (Lipinski definition) is 1. The predicted molar refractivity (Wildman–Crippen MR) is 66.8 cm³/mol. The van der Waals surface area contributed by atoms with E-state index in [1.807, 2.05) is 6.92 Å². The van der Waals surface area contributed by atoms with Crippen molar-refractivity contribution >= 4 is 10.0 Å². The fourth-order valence-corrected chi connectivity index (χ4v) is 3.87. The highest BCUT2D eigenvalue weighted by molar-refractivity contribution is 7.89. The van der Waals surface area contributed by atoms with Gasteiger partial charge in [0, 0.05) is 13.1 Å². The van der Waals surface area contributed by atoms with Crippen molar-refractivity contribution in [1.29, 1.82) is 0 Å². The minimum atomic E-state index is -3.11. The molecule has 94 valence electrons. The van der Waals surface area contributed by atoms with E-state index in [-0.39, 0.29) is 11.7 Å². The summed E-state index contributed by atoms with van der Waals surface area (Å²) in [6.45, 7) is 8.23. The molecule has 0 aromatic carbocycles. The summed E-state index contributed by atoms with van der Waals surface area (Å²) in [5, 5.41) is 3.24. The van der Waals surface area contributed by atoms with Crippen LogP contribution >= 0.6 is 0 Å². The van der Waals surface area contributed by atoms with Crippen LogP contribution in [0.5, 0.6) is 0 Å². The van der Waals surface area contributed by atoms with Crippen molar-refractivity contribution < 1.29 is 8.42 Å². The lowest BCUT2D eigenvalue weighted by Gasteiger charge is -2.26. The molecule has 1 fully saturated rings. The third-order valence-electron chi connectivity index (χ3n) is 2.92. The molecule has 1 unspecified atom stereocenters. The molecule has 0 saturated carbocycles. The van der Waals surface area contributed by atoms with Gasteiger partial charge in [-0.3, -0.25) is 0 Å². The van der Waals surface area contributed by atoms with E-state index >= 15 is 0 Å². The van der Waals surface area contributed by atoms with E-state index in [0.717, 1.165) is 25.9 Å². The van der Waals surface area contributed by atoms with Crippen molar-refractivity contribution in [2.75, 3.05) is 31.9 Å². The van der Waals surface area contributed by atoms with E-state index in [4.69, 9.17) is 0 Å². The lowest BCUT2D eigenvalue weighted by atomic mass is 10.0. The molecule has 1 heterocycles. The Kier molecular flexibility index (Phi) is 5.44. The van der Waals surface area contributed by atoms with Crippen molar-refractivity contribution in [3.8, 4) is 0 Å². The Labute approximate surface area is 98.8 Å². The van der Waals surface area contributed by atoms with Gasteiger partial charge in [-0.15, -0.1) is 6.58 Å². The summed E-state index contributed by atoms with van der Waals surface area (Å²) in [7, 11) is -3.11. The largest absolute Gasteiger partial charge is 0.316 e. The van der Waals surface area contributed by atoms with Crippen LogP contribution in [0.4, 0.5) is 0 Å². The average Bonchev–Trinajstić information content (AvgIpc) is 2.26. The first-order valence-electron chi connectivity index (χ1n) is 5.89. The number of nitrogens with one attached hydrogen (secondary N) is 1. The molecule has 1 rings (SSSR count). The fourth-order valence-electron chi connectivity index (χ4n) is 2.05. The molecule has 1 aliphatic heterocycles. The molecule has 0 aromatic rings. The molecular formula is C11H22N2O2S. The normalized spacial score (nSPS) is 22.2. The van der Waals surface area contributed by atoms with Crippen molar-refractivity contribution in [1.82, 2.24) is 9.62 Å². The minimum Gasteiger partial charge on any atom is -0.316 e. The molecule has 0 amide bonds. The first-order chi connectivity index (χ1) is 7.60. The van der Waals surface area contributed by atoms with Crippen LogP contribution in [-0.2, 0) is 10.0 Å². The summed E-state index contributed by atoms with van der Waals surface area (Å²) in [4.78, 5) is 0. The minimum absolute atomic E-state index is 0.262. The molecule has 5 heteroatoms. The summed E-state index contributed by atoms with van der Waals surface area (Å²) in [6, 6.07) is 0. The third-order valence-corrected chi connectivity index (χ3v) is 5.01. The highest BCUT2D eigenvalue weighted by Gasteiger charge is 2.25. The predicted octanol–water partition coefficient (Wildman–Crippen LogP) is 0.824. The van der Waals surface area contributed by atoms with E-state index in [1.165, 1.54) is 4.31 Å². The van der Waals surface area contributed by atoms with Gasteiger partial charge in [0.05, 0.1) is 5.75 Å². The zero-order valence-electron chi connectivity index (χ0n) is 9.98. The quantitative estimate of drug-likeness (QED) is 0.706. The molecular weight excluding hydrogens is 224 g/mol. The summed E-state index contributed by atoms with van der Waals surface area (Å²) >= 11 is 0. The van der Waals surface area contributed by atoms with Crippen LogP contribution in [0.3, 0.4) is 0 Å². The molecule has 4 nitrogen and oxygen atoms in total. The summed E-state index contributed by atoms with van der Waals surface area (Å²) in [5.74, 6) is 0.527. The van der Waals surface area contributed by atoms with E-state index < -0.39 is 10.0 Å². The first-order valence-corrected chi connectivity index (χ1v) is 7.50. The number of rotatable bonds is 6. The highest BCUT2D eigenvalue weighted by Crippen LogP contribution is 2.15. The van der Waals surface area contributed by atoms with Gasteiger partial charge in [-0.05, 0) is 31.8 Å². The first kappa shape index (κ1) is 13.7. The van der Waals surface area contributed by atoms with Crippen LogP contribution in [0.15, 0.2) is 12.7 Å². The van der Waals surface area contributed by atoms with Crippen molar-refractivity contribution in [2.24, 2.45) is 5.92 Å². The molecule has 1 atom stereocenters. The van der Waals surface area contributed by atoms with Crippen molar-refractivity contribution in [3.63, 3.8) is 0 Å². The van der Waals surface area contributed by atoms with Gasteiger partial charge in [-0.1, -0.05) is 13.0 Å². The van der Waals surface area contributed by atoms with Crippen LogP contribution in [0.2, 0.25) is 0 Å². The van der Waals surface area contributed by atoms with Crippen molar-refractivity contribution in [2.45, 2.75) is 19.8 Å². The second-order valence-electron chi connectivity index (χ2n) is 4.23. The van der Waals surface area contributed by atoms with Crippen LogP contribution in [0, 0.1) is 5.92 Å². The average molecular weight is 246 g/mol. The van der Waals surface area contributed by atoms with Crippen LogP contribution in [0.1, 0.15) is 19.8 Å². The molecule has 0 aliphatic carbocycles. The third kappa shape index (κ3) is 3.88. The molecule has 1 saturated heterocycles. The Bertz CT molecular complexity index is 308. The van der Waals surface area contributed by atoms with Crippen LogP contribution in [0.25, 0.3) is 0 Å². The van der Waals surface area contributed by atoms with Gasteiger partial charge in [0.1, 0.15) is 0 Å². The zero-order valence-corrected chi connectivity index (χ0v) is 10.8. The topological polar surface area (TPSA) is 49.4 Å². The zero-order chi connectivity index (χ0) is 12.0. The molecule has 1 N–H and O–H groups in total. The Morgan fingerprint density at radius 2 is 2.31 bits per heavy atom. The van der Waals surface area contributed by atoms with Crippen molar-refractivity contribution in [3.05, 3.63) is 12.7 Å². The maximum Gasteiger partial charge on any atom is 0.214 e. The fraction of sp³-hybridized carbons (Fsp3) is 0.818. The van der Waals surface area contributed by atoms with Crippen LogP contribution < -0.4 is 5.32 Å². The Morgan fingerprint density at radius 1 is 1.56 bits per heavy atom. The lowest BCUT2D eigenvalue weighted by molar-refractivity contribution is 0.389. The van der Waals surface area contributed by atoms with Gasteiger partial charge in [0.25, 0.3) is 0 Å². The van der Waals surface area contributed by atoms with Crippen LogP contribution in [-0.4, -0.2) is 44.7 Å². The SMILES string of the molecule is C=CCN(CC)S(=O)(=O)CC1CCCNC1. The Morgan fingerprint density at radius 3 is 2.81 bits per heavy atom. The van der Waals surface area contributed by atoms with Gasteiger partial charge >= 0.3 is 0 Å². The second kappa shape index (κ2) is 6.37. The van der Waals surface area contributed by atoms with E-state index in [1.54, 1.807) is 6.08 Å². The maximum absolute atomic E-state index is 12.1. The van der Waals surface area contributed by atoms with Gasteiger partial charge in [-0.25, -0.2) is 8.42 Å². The maximum atomic E-state index is 12.1. The van der Waals surface area contributed by atoms with Gasteiger partial charge in [0.2, 0.25) is 10.0 Å². The number of hydrogen-bond acceptors (Lipinski definition) is 3. The smallest absolute Gasteiger partial charge is 0.214 e. The number of nitrogens with zero attached hydrogens (tertiary/aromatic N) is 1. The van der Waals surface area contributed by atoms with E-state index in [9.17, 15) is 8.42 Å². The molecule has 1 aliphatic rings. The second-order valence-corrected chi connectivity index (χ2v) is 6.24. The van der Waals surface area contributed by atoms with E-state index in [0.29, 0.717) is 13.1 Å². The molecule has 0 radical (unpaired) electrons. The van der Waals surface area contributed by atoms with E-state index in [2.05, 4.69) is 11.9 Å². The lowest BCUT2D eigenvalue weighted by Crippen LogP contribution is -2.39. The summed E-state index contributed by atoms with van der Waals surface area (Å²) < 4.78 is 25.6. The summed E-state index contributed by atoms with van der Waals surface area (Å²) in [5.41, 5.74) is 0. The Balaban J connectivity index is 2.57. The van der Waals surface area contributed by atoms with Gasteiger partial charge in [-0.2, -0.15) is 4.31 Å². The van der Waals surface area contributed by atoms with Gasteiger partial charge < -0.3 is 5.32 Å². The molecule has 0 bridgehead atoms. The number of piperidine rings is 1. The monoisotopic (exact) mass is 246 g/mol. The van der Waals surface area contributed by atoms with Gasteiger partial charge in [0.15, 0.2) is 0 Å². The highest BCUT2D eigenvalue weighted by atomic mass is 32.2. The molecule has 0 aromatic heterocycles.